The number of amides is 2. The number of aromatic nitrogens is 2. The third-order valence-electron chi connectivity index (χ3n) is 4.18. The second-order valence-corrected chi connectivity index (χ2v) is 5.77. The predicted molar refractivity (Wildman–Crippen MR) is 90.5 cm³/mol. The van der Waals surface area contributed by atoms with Crippen LogP contribution < -0.4 is 10.2 Å². The molecule has 4 rings (SSSR count). The van der Waals surface area contributed by atoms with Gasteiger partial charge in [0.15, 0.2) is 0 Å². The molecule has 0 unspecified atom stereocenters. The Labute approximate surface area is 138 Å². The van der Waals surface area contributed by atoms with E-state index in [-0.39, 0.29) is 18.4 Å². The summed E-state index contributed by atoms with van der Waals surface area (Å²) in [5.41, 5.74) is 1.75. The van der Waals surface area contributed by atoms with Gasteiger partial charge in [0.05, 0.1) is 18.3 Å². The summed E-state index contributed by atoms with van der Waals surface area (Å²) in [6.07, 6.45) is 1.73. The molecule has 1 saturated heterocycles. The van der Waals surface area contributed by atoms with Gasteiger partial charge in [0.1, 0.15) is 12.6 Å². The molecule has 24 heavy (non-hydrogen) atoms. The molecule has 0 bridgehead atoms. The number of carbonyl (C=O) groups is 2. The van der Waals surface area contributed by atoms with Crippen molar-refractivity contribution in [3.05, 3.63) is 60.8 Å². The zero-order chi connectivity index (χ0) is 16.5. The van der Waals surface area contributed by atoms with Crippen molar-refractivity contribution < 1.29 is 9.59 Å². The van der Waals surface area contributed by atoms with Gasteiger partial charge < -0.3 is 10.2 Å². The Balaban J connectivity index is 1.38. The zero-order valence-electron chi connectivity index (χ0n) is 12.9. The first-order valence-corrected chi connectivity index (χ1v) is 7.79. The highest BCUT2D eigenvalue weighted by molar-refractivity contribution is 6.05. The molecule has 6 nitrogen and oxygen atoms in total. The standard InChI is InChI=1S/C18H16N4O2/c23-17(12-22-16-9-5-4-6-13(16)10-19-22)20-15-11-21(18(15)24)14-7-2-1-3-8-14/h1-10,15H,11-12H2,(H,20,23)/t15-/m0/s1. The molecule has 1 atom stereocenters. The third-order valence-corrected chi connectivity index (χ3v) is 4.18. The van der Waals surface area contributed by atoms with Gasteiger partial charge in [-0.25, -0.2) is 0 Å². The Morgan fingerprint density at radius 2 is 1.88 bits per heavy atom. The highest BCUT2D eigenvalue weighted by Gasteiger charge is 2.38. The summed E-state index contributed by atoms with van der Waals surface area (Å²) in [7, 11) is 0. The lowest BCUT2D eigenvalue weighted by atomic mass is 10.1. The minimum atomic E-state index is -0.459. The molecule has 120 valence electrons. The van der Waals surface area contributed by atoms with Crippen molar-refractivity contribution >= 4 is 28.4 Å². The van der Waals surface area contributed by atoms with Gasteiger partial charge in [-0.3, -0.25) is 14.3 Å². The maximum Gasteiger partial charge on any atom is 0.251 e. The molecule has 1 N–H and O–H groups in total. The quantitative estimate of drug-likeness (QED) is 0.742. The number of anilines is 1. The highest BCUT2D eigenvalue weighted by Crippen LogP contribution is 2.21. The summed E-state index contributed by atoms with van der Waals surface area (Å²) in [5, 5.41) is 7.99. The highest BCUT2D eigenvalue weighted by atomic mass is 16.2. The van der Waals surface area contributed by atoms with Crippen LogP contribution in [0.1, 0.15) is 0 Å². The molecule has 0 spiro atoms. The molecule has 1 fully saturated rings. The topological polar surface area (TPSA) is 67.2 Å². The molecule has 1 aliphatic rings. The fraction of sp³-hybridized carbons (Fsp3) is 0.167. The number of nitrogens with zero attached hydrogens (tertiary/aromatic N) is 3. The van der Waals surface area contributed by atoms with E-state index in [0.29, 0.717) is 6.54 Å². The van der Waals surface area contributed by atoms with Crippen LogP contribution in [0.4, 0.5) is 5.69 Å². The molecule has 3 aromatic rings. The molecule has 2 amide bonds. The van der Waals surface area contributed by atoms with Gasteiger partial charge in [0, 0.05) is 11.1 Å². The molecular formula is C18H16N4O2. The molecule has 0 aliphatic carbocycles. The first-order valence-electron chi connectivity index (χ1n) is 7.79. The van der Waals surface area contributed by atoms with Crippen LogP contribution in [-0.4, -0.2) is 34.2 Å². The lowest BCUT2D eigenvalue weighted by Crippen LogP contribution is -2.64. The lowest BCUT2D eigenvalue weighted by molar-refractivity contribution is -0.131. The first kappa shape index (κ1) is 14.4. The summed E-state index contributed by atoms with van der Waals surface area (Å²) >= 11 is 0. The fourth-order valence-corrected chi connectivity index (χ4v) is 2.90. The van der Waals surface area contributed by atoms with Crippen LogP contribution in [0, 0.1) is 0 Å². The van der Waals surface area contributed by atoms with E-state index in [2.05, 4.69) is 10.4 Å². The number of para-hydroxylation sites is 2. The lowest BCUT2D eigenvalue weighted by Gasteiger charge is -2.38. The average Bonchev–Trinajstić information content (AvgIpc) is 3.02. The van der Waals surface area contributed by atoms with Crippen LogP contribution in [0.3, 0.4) is 0 Å². The van der Waals surface area contributed by atoms with E-state index in [0.717, 1.165) is 16.6 Å². The molecule has 0 saturated carbocycles. The SMILES string of the molecule is O=C(Cn1ncc2ccccc21)N[C@H]1CN(c2ccccc2)C1=O. The second kappa shape index (κ2) is 5.81. The van der Waals surface area contributed by atoms with Crippen LogP contribution in [0.25, 0.3) is 10.9 Å². The van der Waals surface area contributed by atoms with Crippen molar-refractivity contribution in [2.24, 2.45) is 0 Å². The maximum atomic E-state index is 12.2. The van der Waals surface area contributed by atoms with Crippen molar-refractivity contribution in [3.8, 4) is 0 Å². The van der Waals surface area contributed by atoms with Crippen molar-refractivity contribution in [2.75, 3.05) is 11.4 Å². The largest absolute Gasteiger partial charge is 0.341 e. The van der Waals surface area contributed by atoms with Crippen LogP contribution in [0.5, 0.6) is 0 Å². The Hall–Kier alpha value is -3.15. The summed E-state index contributed by atoms with van der Waals surface area (Å²) in [5.74, 6) is -0.296. The molecule has 2 aromatic carbocycles. The Morgan fingerprint density at radius 1 is 1.12 bits per heavy atom. The number of carbonyl (C=O) groups excluding carboxylic acids is 2. The Kier molecular flexibility index (Phi) is 3.49. The molecule has 1 aliphatic heterocycles. The smallest absolute Gasteiger partial charge is 0.251 e. The van der Waals surface area contributed by atoms with Gasteiger partial charge in [-0.05, 0) is 18.2 Å². The number of hydrogen-bond donors (Lipinski definition) is 1. The monoisotopic (exact) mass is 320 g/mol. The molecule has 0 radical (unpaired) electrons. The number of β-lactam (4-membered cyclic amide) rings is 1. The zero-order valence-corrected chi connectivity index (χ0v) is 12.9. The van der Waals surface area contributed by atoms with Crippen LogP contribution in [0.2, 0.25) is 0 Å². The van der Waals surface area contributed by atoms with Crippen LogP contribution >= 0.6 is 0 Å². The first-order chi connectivity index (χ1) is 11.7. The van der Waals surface area contributed by atoms with E-state index < -0.39 is 6.04 Å². The number of rotatable bonds is 4. The van der Waals surface area contributed by atoms with Gasteiger partial charge in [0.2, 0.25) is 5.91 Å². The van der Waals surface area contributed by atoms with Gasteiger partial charge in [-0.15, -0.1) is 0 Å². The Morgan fingerprint density at radius 3 is 2.67 bits per heavy atom. The normalized spacial score (nSPS) is 16.9. The van der Waals surface area contributed by atoms with E-state index in [9.17, 15) is 9.59 Å². The van der Waals surface area contributed by atoms with Crippen LogP contribution in [-0.2, 0) is 16.1 Å². The number of benzene rings is 2. The van der Waals surface area contributed by atoms with Crippen molar-refractivity contribution in [2.45, 2.75) is 12.6 Å². The van der Waals surface area contributed by atoms with Crippen molar-refractivity contribution in [3.63, 3.8) is 0 Å². The molecule has 1 aromatic heterocycles. The van der Waals surface area contributed by atoms with Crippen molar-refractivity contribution in [1.29, 1.82) is 0 Å². The minimum absolute atomic E-state index is 0.0835. The molecule has 2 heterocycles. The van der Waals surface area contributed by atoms with Gasteiger partial charge in [-0.2, -0.15) is 5.10 Å². The fourth-order valence-electron chi connectivity index (χ4n) is 2.90. The second-order valence-electron chi connectivity index (χ2n) is 5.77. The van der Waals surface area contributed by atoms with E-state index in [1.165, 1.54) is 0 Å². The van der Waals surface area contributed by atoms with E-state index in [4.69, 9.17) is 0 Å². The molecule has 6 heteroatoms. The summed E-state index contributed by atoms with van der Waals surface area (Å²) in [6.45, 7) is 0.594. The minimum Gasteiger partial charge on any atom is -0.341 e. The van der Waals surface area contributed by atoms with Gasteiger partial charge in [-0.1, -0.05) is 36.4 Å². The number of hydrogen-bond acceptors (Lipinski definition) is 3. The Bertz CT molecular complexity index is 904. The number of nitrogens with one attached hydrogen (secondary N) is 1. The maximum absolute atomic E-state index is 12.2. The van der Waals surface area contributed by atoms with E-state index in [1.807, 2.05) is 54.6 Å². The predicted octanol–water partition coefficient (Wildman–Crippen LogP) is 1.57. The van der Waals surface area contributed by atoms with Gasteiger partial charge in [0.25, 0.3) is 5.91 Å². The summed E-state index contributed by atoms with van der Waals surface area (Å²) in [6, 6.07) is 16.7. The van der Waals surface area contributed by atoms with Gasteiger partial charge >= 0.3 is 0 Å². The number of fused-ring (bicyclic) bond motifs is 1. The average molecular weight is 320 g/mol. The van der Waals surface area contributed by atoms with Crippen molar-refractivity contribution in [1.82, 2.24) is 15.1 Å². The molecular weight excluding hydrogens is 304 g/mol. The third kappa shape index (κ3) is 2.52. The summed E-state index contributed by atoms with van der Waals surface area (Å²) < 4.78 is 1.64. The van der Waals surface area contributed by atoms with E-state index in [1.54, 1.807) is 15.8 Å². The summed E-state index contributed by atoms with van der Waals surface area (Å²) in [4.78, 5) is 26.1. The van der Waals surface area contributed by atoms with E-state index >= 15 is 0 Å². The van der Waals surface area contributed by atoms with Crippen LogP contribution in [0.15, 0.2) is 60.8 Å².